The van der Waals surface area contributed by atoms with E-state index in [1.54, 1.807) is 24.3 Å². The Hall–Kier alpha value is -10.7. The summed E-state index contributed by atoms with van der Waals surface area (Å²) in [5.41, 5.74) is 59.9. The summed E-state index contributed by atoms with van der Waals surface area (Å²) in [4.78, 5) is 48.3. The molecule has 18 N–H and O–H groups in total. The van der Waals surface area contributed by atoms with Crippen LogP contribution in [0.5, 0.6) is 0 Å². The Bertz CT molecular complexity index is 5290. The number of nitriles is 5. The van der Waals surface area contributed by atoms with Crippen LogP contribution in [0.15, 0.2) is 208 Å². The van der Waals surface area contributed by atoms with Gasteiger partial charge in [0.05, 0.1) is 91.0 Å². The predicted octanol–water partition coefficient (Wildman–Crippen LogP) is 20.1. The van der Waals surface area contributed by atoms with Gasteiger partial charge in [0.2, 0.25) is 0 Å². The number of hydrogen-bond acceptors (Lipinski definition) is 23. The summed E-state index contributed by atoms with van der Waals surface area (Å²) in [6, 6.07) is 72.8. The van der Waals surface area contributed by atoms with E-state index in [0.717, 1.165) is 123 Å². The number of carbonyl (C=O) groups is 2. The second-order valence-electron chi connectivity index (χ2n) is 32.7. The Morgan fingerprint density at radius 2 is 0.597 bits per heavy atom. The Balaban J connectivity index is 0.000000481. The third kappa shape index (κ3) is 36.3. The second-order valence-corrected chi connectivity index (χ2v) is 37.0. The van der Waals surface area contributed by atoms with Gasteiger partial charge in [-0.25, -0.2) is 0 Å². The Morgan fingerprint density at radius 1 is 0.372 bits per heavy atom. The maximum atomic E-state index is 10.7. The smallest absolute Gasteiger partial charge is 0.870 e. The topological polar surface area (TPSA) is 550 Å². The van der Waals surface area contributed by atoms with Crippen molar-refractivity contribution >= 4 is 148 Å². The van der Waals surface area contributed by atoms with Crippen molar-refractivity contribution in [2.75, 3.05) is 56.5 Å². The van der Waals surface area contributed by atoms with E-state index < -0.39 is 32.3 Å². The fraction of sp³-hybridized carbons (Fsp3) is 0.365. The van der Waals surface area contributed by atoms with Crippen LogP contribution in [0, 0.1) is 87.0 Å². The number of carbonyl (C=O) groups excluding carboxylic acids is 2. The molecule has 0 aliphatic heterocycles. The Morgan fingerprint density at radius 3 is 0.853 bits per heavy atom. The van der Waals surface area contributed by atoms with E-state index in [1.165, 1.54) is 85.7 Å². The van der Waals surface area contributed by atoms with Gasteiger partial charge in [-0.3, -0.25) is 29.8 Å². The number of halogens is 5. The number of nitro groups is 2. The largest absolute Gasteiger partial charge is 1.00 e. The summed E-state index contributed by atoms with van der Waals surface area (Å²) in [6.07, 6.45) is 18.1. The van der Waals surface area contributed by atoms with E-state index in [0.29, 0.717) is 51.0 Å². The van der Waals surface area contributed by atoms with Crippen molar-refractivity contribution in [3.63, 3.8) is 0 Å². The first-order valence-electron chi connectivity index (χ1n) is 40.0. The van der Waals surface area contributed by atoms with Gasteiger partial charge in [0, 0.05) is 61.4 Å². The molecule has 8 fully saturated rings. The van der Waals surface area contributed by atoms with Crippen molar-refractivity contribution in [1.82, 2.24) is 0 Å². The van der Waals surface area contributed by atoms with E-state index in [9.17, 15) is 29.8 Å². The van der Waals surface area contributed by atoms with Crippen LogP contribution in [0.4, 0.5) is 56.9 Å². The number of ether oxygens (including phenoxy) is 1. The van der Waals surface area contributed by atoms with Crippen molar-refractivity contribution in [3.05, 3.63) is 288 Å². The van der Waals surface area contributed by atoms with Gasteiger partial charge in [-0.05, 0) is 272 Å². The van der Waals surface area contributed by atoms with Crippen LogP contribution < -0.4 is 75.4 Å². The third-order valence-corrected chi connectivity index (χ3v) is 26.0. The maximum Gasteiger partial charge on any atom is 1.00 e. The number of nitrogens with zero attached hydrogens (tertiary/aromatic N) is 8. The first-order valence-corrected chi connectivity index (χ1v) is 44.6. The maximum absolute atomic E-state index is 10.7. The number of benzene rings is 9. The molecule has 0 heterocycles. The van der Waals surface area contributed by atoms with Crippen LogP contribution in [-0.4, -0.2) is 48.2 Å². The second kappa shape index (κ2) is 51.7. The Labute approximate surface area is 820 Å². The molecule has 17 rings (SSSR count). The van der Waals surface area contributed by atoms with Crippen molar-refractivity contribution in [2.45, 2.75) is 209 Å². The van der Waals surface area contributed by atoms with Crippen LogP contribution >= 0.6 is 79.6 Å². The van der Waals surface area contributed by atoms with Crippen LogP contribution in [0.2, 0.25) is 0 Å². The Kier molecular flexibility index (Phi) is 45.8. The summed E-state index contributed by atoms with van der Waals surface area (Å²) in [5.74, 6) is -1.12. The number of alkyl halides is 2. The van der Waals surface area contributed by atoms with Crippen molar-refractivity contribution in [3.8, 4) is 30.3 Å². The molecule has 129 heavy (non-hydrogen) atoms. The van der Waals surface area contributed by atoms with Crippen LogP contribution in [0.3, 0.4) is 0 Å². The summed E-state index contributed by atoms with van der Waals surface area (Å²) < 4.78 is 7.26. The van der Waals surface area contributed by atoms with Gasteiger partial charge in [0.25, 0.3) is 16.5 Å². The average molecular weight is 2090 g/mol. The minimum Gasteiger partial charge on any atom is -0.870 e. The van der Waals surface area contributed by atoms with Gasteiger partial charge in [-0.15, -0.1) is 10.1 Å². The van der Waals surface area contributed by atoms with Crippen molar-refractivity contribution in [1.29, 1.82) is 26.3 Å². The molecule has 8 saturated carbocycles. The zero-order valence-electron chi connectivity index (χ0n) is 72.1. The summed E-state index contributed by atoms with van der Waals surface area (Å²) in [7, 11) is 0. The van der Waals surface area contributed by atoms with E-state index in [1.807, 2.05) is 115 Å². The first kappa shape index (κ1) is 114. The van der Waals surface area contributed by atoms with Gasteiger partial charge in [-0.1, -0.05) is 207 Å². The molecule has 33 heteroatoms. The molecule has 8 aliphatic carbocycles. The normalized spacial score (nSPS) is 15.7. The van der Waals surface area contributed by atoms with Gasteiger partial charge in [0.1, 0.15) is 11.4 Å². The molecule has 0 unspecified atom stereocenters. The van der Waals surface area contributed by atoms with Gasteiger partial charge >= 0.3 is 41.5 Å². The molecule has 680 valence electrons. The van der Waals surface area contributed by atoms with Gasteiger partial charge in [-0.2, -0.15) is 26.3 Å². The third-order valence-electron chi connectivity index (χ3n) is 22.5. The predicted molar refractivity (Wildman–Crippen MR) is 526 cm³/mol. The van der Waals surface area contributed by atoms with Crippen LogP contribution in [0.1, 0.15) is 209 Å². The van der Waals surface area contributed by atoms with Gasteiger partial charge < -0.3 is 61.3 Å². The molecule has 0 aromatic heterocycles. The number of hydrogen-bond donors (Lipinski definition) is 9. The number of esters is 2. The molecule has 9 aromatic carbocycles. The van der Waals surface area contributed by atoms with E-state index in [4.69, 9.17) is 87.5 Å². The number of nitrogens with two attached hydrogens (primary N) is 8. The molecule has 8 aliphatic rings. The molecule has 0 atom stereocenters. The number of anilines is 8. The van der Waals surface area contributed by atoms with Gasteiger partial charge in [0.15, 0.2) is 0 Å². The standard InChI is InChI=1S/C10H8BrN.C10H11Br.C10H9N3O2.C10H11N3.C10H12N2O2.C10H14N2.C10H10N2.C10H13N.C8H6BrN.C4H6O3.C2H4Br2.2CH4.HNO3.Na.H2O/c11-9-3-1-8(2-4-9)10(7-12)5-6-10;1-10(6-7-10)8-2-4-9(11)5-3-8;11-6-10(3-4-10)7-1-2-8(12)9(5-7)13(14)15;11-6-10(3-4-10)7-1-2-8(12)9(13)5-7;1-10(4-5-10)7-2-3-8(11)9(6-7)12(13)14;1-10(4-5-10)7-2-3-8(11)9(12)6-7;11-7-10(5-6-10)8-1-3-9(12)4-2-8;1-10(6-7-10)8-2-4-9(11)5-3-8;9-8-3-1-7(2-4-8)5-6-10;1-3(5)7-4(2)6;3-1-2-4;;;2-1(3)4;;/h1-4H,5-6H2;2-5H,6-7H2,1H3;1-2,5H,3-4,12H2;1-2,5H,3-4,12-13H2;2-3,6H,4-5,11H2,1H3;2-3,6H,4-5,11-12H2,1H3;1-4H,5-6,12H2;2-5H,6-7,11H2,1H3;1-4H,5H2;1-2H3;1-2H2;2*1H4;(H,2,3,4);;1H2/q;;;;;;;;;;;;;;+1;/p-1. The van der Waals surface area contributed by atoms with E-state index in [2.05, 4.69) is 185 Å². The average Bonchev–Trinajstić information content (AvgIpc) is 1.61. The fourth-order valence-corrected chi connectivity index (χ4v) is 13.2. The van der Waals surface area contributed by atoms with Crippen molar-refractivity contribution in [2.24, 2.45) is 0 Å². The molecular weight excluding hydrogens is 1980 g/mol. The molecule has 0 radical (unpaired) electrons. The van der Waals surface area contributed by atoms with Crippen LogP contribution in [-0.2, 0) is 64.1 Å². The quantitative estimate of drug-likeness (QED) is 0.0104. The zero-order valence-corrected chi connectivity index (χ0v) is 82.0. The zero-order chi connectivity index (χ0) is 92.9. The molecule has 0 bridgehead atoms. The molecule has 0 spiro atoms. The van der Waals surface area contributed by atoms with E-state index in [-0.39, 0.29) is 94.3 Å². The molecule has 27 nitrogen and oxygen atoms in total. The summed E-state index contributed by atoms with van der Waals surface area (Å²) in [5, 5.41) is 81.1. The molecule has 0 saturated heterocycles. The summed E-state index contributed by atoms with van der Waals surface area (Å²) >= 11 is 16.5. The number of rotatable bonds is 12. The fourth-order valence-electron chi connectivity index (χ4n) is 12.4. The number of nitro benzene ring substituents is 2. The van der Waals surface area contributed by atoms with Crippen LogP contribution in [0.25, 0.3) is 0 Å². The molecular formula is C96H114Br5N16NaO11. The summed E-state index contributed by atoms with van der Waals surface area (Å²) in [6.45, 7) is 11.4. The minimum atomic E-state index is -1.50. The SMILES string of the molecule is BrCCBr.C.C.CC(=O)OC(C)=O.CC1(c2ccc(Br)cc2)CC1.CC1(c2ccc(N)c(N)c2)CC1.CC1(c2ccc(N)c([N+](=O)[O-])c2)CC1.CC1(c2ccc(N)cc2)CC1.N#CC1(c2ccc(Br)cc2)CC1.N#CC1(c2ccc(N)c(N)c2)CC1.N#CC1(c2ccc(N)c([N+](=O)[O-])c2)CC1.N#CC1(c2ccc(N)cc2)CC1.N#CCc1ccc(Br)cc1.O=[N+]([O-])O.[Na+].[OH-]. The molecule has 9 aromatic rings. The first-order chi connectivity index (χ1) is 59.0. The van der Waals surface area contributed by atoms with Crippen molar-refractivity contribution < 1.29 is 69.5 Å². The minimum absolute atomic E-state index is 0. The monoisotopic (exact) mass is 2080 g/mol. The van der Waals surface area contributed by atoms with E-state index >= 15 is 0 Å². The number of nitrogen functional groups attached to an aromatic ring is 8. The molecule has 0 amide bonds.